The van der Waals surface area contributed by atoms with E-state index in [1.165, 1.54) is 32.4 Å². The smallest absolute Gasteiger partial charge is 0.00981 e. The Balaban J connectivity index is 2.30. The van der Waals surface area contributed by atoms with Gasteiger partial charge in [0.05, 0.1) is 0 Å². The lowest BCUT2D eigenvalue weighted by Gasteiger charge is -2.25. The molecule has 1 aliphatic rings. The minimum absolute atomic E-state index is 0.848. The van der Waals surface area contributed by atoms with Crippen LogP contribution in [0.2, 0.25) is 0 Å². The van der Waals surface area contributed by atoms with E-state index in [0.29, 0.717) is 0 Å². The van der Waals surface area contributed by atoms with Gasteiger partial charge in [0.25, 0.3) is 0 Å². The van der Waals surface area contributed by atoms with Crippen molar-refractivity contribution in [2.45, 2.75) is 45.6 Å². The summed E-state index contributed by atoms with van der Waals surface area (Å²) in [6.45, 7) is 11.1. The van der Waals surface area contributed by atoms with E-state index in [1.54, 1.807) is 0 Å². The molecule has 1 heteroatoms. The van der Waals surface area contributed by atoms with Gasteiger partial charge < -0.3 is 4.90 Å². The average Bonchev–Trinajstić information content (AvgIpc) is 2.37. The third-order valence-corrected chi connectivity index (χ3v) is 2.69. The van der Waals surface area contributed by atoms with E-state index < -0.39 is 0 Å². The zero-order chi connectivity index (χ0) is 8.97. The Morgan fingerprint density at radius 3 is 2.83 bits per heavy atom. The number of nitrogens with zero attached hydrogens (tertiary/aromatic N) is 1. The lowest BCUT2D eigenvalue weighted by Crippen LogP contribution is -2.31. The molecule has 0 aromatic carbocycles. The molecule has 1 fully saturated rings. The maximum absolute atomic E-state index is 3.92. The normalized spacial score (nSPS) is 25.5. The van der Waals surface area contributed by atoms with Crippen molar-refractivity contribution in [1.29, 1.82) is 0 Å². The fraction of sp³-hybridized carbons (Fsp3) is 0.909. The second kappa shape index (κ2) is 4.86. The first-order chi connectivity index (χ1) is 5.74. The van der Waals surface area contributed by atoms with Crippen LogP contribution in [0.4, 0.5) is 0 Å². The van der Waals surface area contributed by atoms with E-state index in [4.69, 9.17) is 0 Å². The van der Waals surface area contributed by atoms with Gasteiger partial charge >= 0.3 is 0 Å². The Morgan fingerprint density at radius 2 is 2.25 bits per heavy atom. The Bertz CT molecular complexity index is 120. The minimum Gasteiger partial charge on any atom is -0.300 e. The first-order valence-electron chi connectivity index (χ1n) is 5.27. The van der Waals surface area contributed by atoms with Crippen molar-refractivity contribution in [1.82, 2.24) is 4.90 Å². The molecular formula is C11H22N. The molecule has 1 atom stereocenters. The molecule has 1 rings (SSSR count). The molecule has 1 heterocycles. The Kier molecular flexibility index (Phi) is 4.07. The lowest BCUT2D eigenvalue weighted by molar-refractivity contribution is 0.230. The zero-order valence-electron chi connectivity index (χ0n) is 8.55. The molecule has 1 aliphatic heterocycles. The van der Waals surface area contributed by atoms with Crippen molar-refractivity contribution < 1.29 is 0 Å². The molecule has 0 saturated carbocycles. The summed E-state index contributed by atoms with van der Waals surface area (Å²) in [4.78, 5) is 2.62. The summed E-state index contributed by atoms with van der Waals surface area (Å²) < 4.78 is 0. The van der Waals surface area contributed by atoms with Crippen LogP contribution in [-0.2, 0) is 0 Å². The third-order valence-electron chi connectivity index (χ3n) is 2.69. The van der Waals surface area contributed by atoms with Crippen LogP contribution in [0.3, 0.4) is 0 Å². The fourth-order valence-electron chi connectivity index (χ4n) is 2.20. The summed E-state index contributed by atoms with van der Waals surface area (Å²) in [6.07, 6.45) is 5.25. The van der Waals surface area contributed by atoms with Crippen LogP contribution in [0.5, 0.6) is 0 Å². The van der Waals surface area contributed by atoms with Gasteiger partial charge in [-0.25, -0.2) is 0 Å². The predicted octanol–water partition coefficient (Wildman–Crippen LogP) is 2.72. The second-order valence-corrected chi connectivity index (χ2v) is 4.32. The first kappa shape index (κ1) is 10.0. The van der Waals surface area contributed by atoms with Crippen LogP contribution < -0.4 is 0 Å². The SMILES string of the molecule is [CH2]CCN1CCCC1CC(C)C. The monoisotopic (exact) mass is 168 g/mol. The van der Waals surface area contributed by atoms with Gasteiger partial charge in [0.2, 0.25) is 0 Å². The van der Waals surface area contributed by atoms with Crippen LogP contribution in [0.1, 0.15) is 39.5 Å². The molecule has 1 radical (unpaired) electrons. The molecule has 0 aromatic rings. The van der Waals surface area contributed by atoms with Crippen LogP contribution in [0, 0.1) is 12.8 Å². The van der Waals surface area contributed by atoms with E-state index >= 15 is 0 Å². The highest BCUT2D eigenvalue weighted by Crippen LogP contribution is 2.22. The molecule has 71 valence electrons. The molecule has 1 unspecified atom stereocenters. The Morgan fingerprint density at radius 1 is 1.50 bits per heavy atom. The maximum atomic E-state index is 3.92. The van der Waals surface area contributed by atoms with Gasteiger partial charge in [0.15, 0.2) is 0 Å². The quantitative estimate of drug-likeness (QED) is 0.624. The molecule has 0 bridgehead atoms. The highest BCUT2D eigenvalue weighted by atomic mass is 15.2. The van der Waals surface area contributed by atoms with Crippen LogP contribution in [0.15, 0.2) is 0 Å². The van der Waals surface area contributed by atoms with Crippen molar-refractivity contribution in [3.63, 3.8) is 0 Å². The fourth-order valence-corrected chi connectivity index (χ4v) is 2.20. The number of hydrogen-bond acceptors (Lipinski definition) is 1. The Hall–Kier alpha value is -0.0400. The van der Waals surface area contributed by atoms with Crippen molar-refractivity contribution in [3.05, 3.63) is 6.92 Å². The molecule has 1 nitrogen and oxygen atoms in total. The van der Waals surface area contributed by atoms with Gasteiger partial charge in [-0.2, -0.15) is 0 Å². The molecule has 0 aliphatic carbocycles. The second-order valence-electron chi connectivity index (χ2n) is 4.32. The van der Waals surface area contributed by atoms with E-state index in [1.807, 2.05) is 0 Å². The molecule has 0 amide bonds. The van der Waals surface area contributed by atoms with Crippen LogP contribution >= 0.6 is 0 Å². The van der Waals surface area contributed by atoms with Crippen molar-refractivity contribution in [2.24, 2.45) is 5.92 Å². The minimum atomic E-state index is 0.848. The summed E-state index contributed by atoms with van der Waals surface area (Å²) in [6, 6.07) is 0.867. The largest absolute Gasteiger partial charge is 0.300 e. The van der Waals surface area contributed by atoms with Gasteiger partial charge in [0.1, 0.15) is 0 Å². The van der Waals surface area contributed by atoms with E-state index in [0.717, 1.165) is 18.4 Å². The molecular weight excluding hydrogens is 146 g/mol. The first-order valence-corrected chi connectivity index (χ1v) is 5.27. The maximum Gasteiger partial charge on any atom is 0.00981 e. The predicted molar refractivity (Wildman–Crippen MR) is 54.0 cm³/mol. The summed E-state index contributed by atoms with van der Waals surface area (Å²) in [5.74, 6) is 0.848. The van der Waals surface area contributed by atoms with E-state index in [9.17, 15) is 0 Å². The van der Waals surface area contributed by atoms with Gasteiger partial charge in [-0.15, -0.1) is 0 Å². The van der Waals surface area contributed by atoms with Crippen molar-refractivity contribution >= 4 is 0 Å². The molecule has 12 heavy (non-hydrogen) atoms. The Labute approximate surface area is 77.1 Å². The summed E-state index contributed by atoms with van der Waals surface area (Å²) >= 11 is 0. The van der Waals surface area contributed by atoms with E-state index in [-0.39, 0.29) is 0 Å². The van der Waals surface area contributed by atoms with Gasteiger partial charge in [0, 0.05) is 6.04 Å². The summed E-state index contributed by atoms with van der Waals surface area (Å²) in [7, 11) is 0. The van der Waals surface area contributed by atoms with E-state index in [2.05, 4.69) is 25.7 Å². The molecule has 0 spiro atoms. The highest BCUT2D eigenvalue weighted by Gasteiger charge is 2.23. The number of likely N-dealkylation sites (tertiary alicyclic amines) is 1. The topological polar surface area (TPSA) is 3.24 Å². The van der Waals surface area contributed by atoms with Crippen molar-refractivity contribution in [2.75, 3.05) is 13.1 Å². The lowest BCUT2D eigenvalue weighted by atomic mass is 10.0. The zero-order valence-corrected chi connectivity index (χ0v) is 8.55. The summed E-state index contributed by atoms with van der Waals surface area (Å²) in [5, 5.41) is 0. The highest BCUT2D eigenvalue weighted by molar-refractivity contribution is 4.79. The third kappa shape index (κ3) is 2.78. The summed E-state index contributed by atoms with van der Waals surface area (Å²) in [5.41, 5.74) is 0. The molecule has 0 aromatic heterocycles. The molecule has 0 N–H and O–H groups in total. The van der Waals surface area contributed by atoms with Gasteiger partial charge in [-0.3, -0.25) is 0 Å². The van der Waals surface area contributed by atoms with Gasteiger partial charge in [-0.1, -0.05) is 20.8 Å². The number of rotatable bonds is 4. The average molecular weight is 168 g/mol. The number of hydrogen-bond donors (Lipinski definition) is 0. The standard InChI is InChI=1S/C11H22N/c1-4-7-12-8-5-6-11(12)9-10(2)3/h10-11H,1,4-9H2,2-3H3. The van der Waals surface area contributed by atoms with Gasteiger partial charge in [-0.05, 0) is 44.7 Å². The molecule has 1 saturated heterocycles. The van der Waals surface area contributed by atoms with Crippen molar-refractivity contribution in [3.8, 4) is 0 Å². The van der Waals surface area contributed by atoms with Crippen LogP contribution in [0.25, 0.3) is 0 Å². The van der Waals surface area contributed by atoms with Crippen LogP contribution in [-0.4, -0.2) is 24.0 Å².